The SMILES string of the molecule is C=C(C)P(=O)(c1ccccc1)c1ccccc1.CC.CC(C)[C@@]1(C)c2ccc(P(=O)(c3ccccc3)c3ccccc3)cc2C1C. The van der Waals surface area contributed by atoms with Crippen LogP contribution in [0.1, 0.15) is 65.5 Å². The first-order valence-corrected chi connectivity index (χ1v) is 19.7. The minimum atomic E-state index is -2.88. The first-order valence-electron chi connectivity index (χ1n) is 16.3. The van der Waals surface area contributed by atoms with Gasteiger partial charge in [0.1, 0.15) is 0 Å². The minimum absolute atomic E-state index is 0.206. The Morgan fingerprint density at radius 1 is 0.630 bits per heavy atom. The van der Waals surface area contributed by atoms with E-state index in [0.717, 1.165) is 31.8 Å². The topological polar surface area (TPSA) is 34.1 Å². The zero-order chi connectivity index (χ0) is 33.5. The van der Waals surface area contributed by atoms with Gasteiger partial charge in [-0.1, -0.05) is 182 Å². The Morgan fingerprint density at radius 3 is 1.35 bits per heavy atom. The summed E-state index contributed by atoms with van der Waals surface area (Å²) in [5, 5.41) is 5.15. The molecule has 0 aliphatic heterocycles. The van der Waals surface area contributed by atoms with Crippen molar-refractivity contribution in [1.29, 1.82) is 0 Å². The molecule has 0 amide bonds. The first kappa shape index (κ1) is 35.2. The van der Waals surface area contributed by atoms with Gasteiger partial charge in [0, 0.05) is 31.9 Å². The maximum absolute atomic E-state index is 14.5. The van der Waals surface area contributed by atoms with E-state index in [1.807, 2.05) is 142 Å². The third-order valence-electron chi connectivity index (χ3n) is 9.56. The van der Waals surface area contributed by atoms with Gasteiger partial charge < -0.3 is 9.13 Å². The third kappa shape index (κ3) is 6.31. The molecule has 0 aromatic heterocycles. The van der Waals surface area contributed by atoms with Crippen molar-refractivity contribution in [3.8, 4) is 0 Å². The number of hydrogen-bond donors (Lipinski definition) is 0. The highest BCUT2D eigenvalue weighted by molar-refractivity contribution is 7.85. The van der Waals surface area contributed by atoms with E-state index in [-0.39, 0.29) is 5.41 Å². The summed E-state index contributed by atoms with van der Waals surface area (Å²) in [7, 11) is -5.57. The van der Waals surface area contributed by atoms with Crippen LogP contribution in [0.2, 0.25) is 0 Å². The van der Waals surface area contributed by atoms with Gasteiger partial charge in [-0.05, 0) is 41.3 Å². The summed E-state index contributed by atoms with van der Waals surface area (Å²) < 4.78 is 27.7. The van der Waals surface area contributed by atoms with Crippen LogP contribution in [0.25, 0.3) is 0 Å². The maximum Gasteiger partial charge on any atom is 0.171 e. The zero-order valence-electron chi connectivity index (χ0n) is 28.4. The summed E-state index contributed by atoms with van der Waals surface area (Å²) >= 11 is 0. The summed E-state index contributed by atoms with van der Waals surface area (Å²) in [6.07, 6.45) is 0. The zero-order valence-corrected chi connectivity index (χ0v) is 30.1. The second-order valence-corrected chi connectivity index (χ2v) is 18.0. The average molecular weight is 647 g/mol. The van der Waals surface area contributed by atoms with E-state index in [0.29, 0.717) is 11.8 Å². The minimum Gasteiger partial charge on any atom is -0.309 e. The Balaban J connectivity index is 0.000000218. The summed E-state index contributed by atoms with van der Waals surface area (Å²) in [5.41, 5.74) is 2.98. The van der Waals surface area contributed by atoms with Gasteiger partial charge in [-0.25, -0.2) is 0 Å². The van der Waals surface area contributed by atoms with E-state index >= 15 is 0 Å². The number of rotatable bonds is 7. The van der Waals surface area contributed by atoms with E-state index in [9.17, 15) is 9.13 Å². The van der Waals surface area contributed by atoms with Crippen molar-refractivity contribution in [3.63, 3.8) is 0 Å². The van der Waals surface area contributed by atoms with Crippen molar-refractivity contribution in [2.45, 2.75) is 59.8 Å². The second kappa shape index (κ2) is 14.8. The van der Waals surface area contributed by atoms with Gasteiger partial charge >= 0.3 is 0 Å². The lowest BCUT2D eigenvalue weighted by Crippen LogP contribution is -2.44. The van der Waals surface area contributed by atoms with Crippen molar-refractivity contribution < 1.29 is 9.13 Å². The normalized spacial score (nSPS) is 16.9. The second-order valence-electron chi connectivity index (χ2n) is 12.2. The van der Waals surface area contributed by atoms with Gasteiger partial charge in [-0.3, -0.25) is 0 Å². The molecule has 5 aromatic carbocycles. The molecule has 0 heterocycles. The van der Waals surface area contributed by atoms with Gasteiger partial charge in [0.05, 0.1) is 0 Å². The molecule has 46 heavy (non-hydrogen) atoms. The fourth-order valence-electron chi connectivity index (χ4n) is 6.47. The van der Waals surface area contributed by atoms with Crippen LogP contribution in [-0.2, 0) is 14.5 Å². The predicted molar refractivity (Wildman–Crippen MR) is 202 cm³/mol. The van der Waals surface area contributed by atoms with Gasteiger partial charge in [0.25, 0.3) is 0 Å². The van der Waals surface area contributed by atoms with E-state index < -0.39 is 14.3 Å². The van der Waals surface area contributed by atoms with E-state index in [4.69, 9.17) is 0 Å². The summed E-state index contributed by atoms with van der Waals surface area (Å²) in [5.74, 6) is 1.06. The fraction of sp³-hybridized carbons (Fsp3) is 0.238. The van der Waals surface area contributed by atoms with Gasteiger partial charge in [0.15, 0.2) is 14.3 Å². The highest BCUT2D eigenvalue weighted by Gasteiger charge is 2.48. The molecule has 4 heteroatoms. The van der Waals surface area contributed by atoms with Crippen LogP contribution in [0.3, 0.4) is 0 Å². The smallest absolute Gasteiger partial charge is 0.171 e. The number of fused-ring (bicyclic) bond motifs is 1. The molecule has 0 spiro atoms. The van der Waals surface area contributed by atoms with Crippen LogP contribution in [0.5, 0.6) is 0 Å². The first-order chi connectivity index (χ1) is 22.1. The number of benzene rings is 5. The Hall–Kier alpha value is -3.70. The maximum atomic E-state index is 14.5. The van der Waals surface area contributed by atoms with Crippen LogP contribution < -0.4 is 26.5 Å². The highest BCUT2D eigenvalue weighted by Crippen LogP contribution is 2.56. The van der Waals surface area contributed by atoms with Gasteiger partial charge in [-0.2, -0.15) is 0 Å². The highest BCUT2D eigenvalue weighted by atomic mass is 31.2. The van der Waals surface area contributed by atoms with Gasteiger partial charge in [0.2, 0.25) is 0 Å². The summed E-state index contributed by atoms with van der Waals surface area (Å²) in [4.78, 5) is 0. The van der Waals surface area contributed by atoms with Crippen molar-refractivity contribution in [2.24, 2.45) is 5.92 Å². The van der Waals surface area contributed by atoms with Gasteiger partial charge in [-0.15, -0.1) is 0 Å². The molecule has 0 saturated heterocycles. The van der Waals surface area contributed by atoms with Crippen LogP contribution in [0.4, 0.5) is 0 Å². The Bertz CT molecular complexity index is 1740. The van der Waals surface area contributed by atoms with Crippen LogP contribution >= 0.6 is 14.3 Å². The lowest BCUT2D eigenvalue weighted by molar-refractivity contribution is 0.241. The molecule has 0 saturated carbocycles. The standard InChI is InChI=1S/C25H27OP.C15H15OP.C2H6/c1-18(2)25(4)19(3)23-17-22(15-16-24(23)25)27(26,20-11-7-5-8-12-20)21-13-9-6-10-14-21;1-13(2)17(16,14-9-5-3-6-10-14)15-11-7-4-8-12-15;1-2/h5-19H,1-4H3;3-12H,1H2,2H3;1-2H3/t19?,25-;;/m1../s1. The van der Waals surface area contributed by atoms with E-state index in [2.05, 4.69) is 52.5 Å². The van der Waals surface area contributed by atoms with Crippen LogP contribution in [0.15, 0.2) is 151 Å². The average Bonchev–Trinajstić information content (AvgIpc) is 3.12. The molecule has 0 radical (unpaired) electrons. The Kier molecular flexibility index (Phi) is 11.3. The molecular formula is C42H48O2P2. The molecule has 0 N–H and O–H groups in total. The fourth-order valence-corrected chi connectivity index (χ4v) is 11.5. The third-order valence-corrected chi connectivity index (χ3v) is 15.7. The molecule has 2 atom stereocenters. The molecule has 2 nitrogen and oxygen atoms in total. The molecule has 5 aromatic rings. The molecule has 1 unspecified atom stereocenters. The van der Waals surface area contributed by atoms with Crippen LogP contribution in [0, 0.1) is 5.92 Å². The Morgan fingerprint density at radius 2 is 1.00 bits per heavy atom. The molecule has 6 rings (SSSR count). The van der Waals surface area contributed by atoms with Crippen molar-refractivity contribution >= 4 is 40.8 Å². The van der Waals surface area contributed by atoms with Crippen molar-refractivity contribution in [1.82, 2.24) is 0 Å². The largest absolute Gasteiger partial charge is 0.309 e. The van der Waals surface area contributed by atoms with Crippen LogP contribution in [-0.4, -0.2) is 0 Å². The lowest BCUT2D eigenvalue weighted by Gasteiger charge is -2.51. The monoisotopic (exact) mass is 646 g/mol. The van der Waals surface area contributed by atoms with E-state index in [1.165, 1.54) is 11.1 Å². The molecule has 0 fully saturated rings. The molecular weight excluding hydrogens is 598 g/mol. The lowest BCUT2D eigenvalue weighted by atomic mass is 9.53. The molecule has 1 aliphatic carbocycles. The molecule has 0 bridgehead atoms. The molecule has 238 valence electrons. The number of hydrogen-bond acceptors (Lipinski definition) is 2. The van der Waals surface area contributed by atoms with Crippen molar-refractivity contribution in [2.75, 3.05) is 0 Å². The summed E-state index contributed by atoms with van der Waals surface area (Å²) in [6, 6.07) is 45.5. The summed E-state index contributed by atoms with van der Waals surface area (Å²) in [6.45, 7) is 19.0. The molecule has 1 aliphatic rings. The van der Waals surface area contributed by atoms with Crippen molar-refractivity contribution in [3.05, 3.63) is 163 Å². The Labute approximate surface area is 277 Å². The quantitative estimate of drug-likeness (QED) is 0.165. The predicted octanol–water partition coefficient (Wildman–Crippen LogP) is 9.92. The number of allylic oxidation sites excluding steroid dienone is 1. The van der Waals surface area contributed by atoms with E-state index in [1.54, 1.807) is 0 Å².